The molecule has 0 aliphatic rings. The van der Waals surface area contributed by atoms with Crippen molar-refractivity contribution in [2.45, 2.75) is 46.1 Å². The van der Waals surface area contributed by atoms with Gasteiger partial charge in [0.05, 0.1) is 17.1 Å². The first-order valence-corrected chi connectivity index (χ1v) is 11.6. The van der Waals surface area contributed by atoms with Crippen molar-refractivity contribution >= 4 is 19.8 Å². The van der Waals surface area contributed by atoms with E-state index in [-0.39, 0.29) is 17.4 Å². The summed E-state index contributed by atoms with van der Waals surface area (Å²) >= 11 is 0. The Morgan fingerprint density at radius 3 is 2.33 bits per heavy atom. The number of benzene rings is 1. The molecule has 1 unspecified atom stereocenters. The van der Waals surface area contributed by atoms with Gasteiger partial charge in [0.2, 0.25) is 0 Å². The average molecular weight is 420 g/mol. The summed E-state index contributed by atoms with van der Waals surface area (Å²) in [4.78, 5) is 26.5. The molecule has 1 N–H and O–H groups in total. The summed E-state index contributed by atoms with van der Waals surface area (Å²) < 4.78 is 0. The minimum Gasteiger partial charge on any atom is -0.347 e. The predicted octanol–water partition coefficient (Wildman–Crippen LogP) is 4.79. The van der Waals surface area contributed by atoms with Gasteiger partial charge in [-0.05, 0) is 50.8 Å². The largest absolute Gasteiger partial charge is 0.347 e. The third-order valence-electron chi connectivity index (χ3n) is 4.61. The molecule has 1 aromatic carbocycles. The first-order chi connectivity index (χ1) is 14.2. The van der Waals surface area contributed by atoms with Crippen LogP contribution in [0.4, 0.5) is 0 Å². The zero-order valence-corrected chi connectivity index (χ0v) is 19.4. The van der Waals surface area contributed by atoms with Gasteiger partial charge in [0.15, 0.2) is 0 Å². The van der Waals surface area contributed by atoms with Crippen molar-refractivity contribution in [1.29, 1.82) is 0 Å². The lowest BCUT2D eigenvalue weighted by atomic mass is 9.99. The van der Waals surface area contributed by atoms with Gasteiger partial charge in [0.1, 0.15) is 6.33 Å². The van der Waals surface area contributed by atoms with Gasteiger partial charge in [-0.3, -0.25) is 4.79 Å². The number of hydrogen-bond donors (Lipinski definition) is 1. The van der Waals surface area contributed by atoms with Crippen LogP contribution in [0.5, 0.6) is 0 Å². The fourth-order valence-corrected chi connectivity index (χ4v) is 3.66. The van der Waals surface area contributed by atoms with Crippen molar-refractivity contribution in [3.05, 3.63) is 60.2 Å². The van der Waals surface area contributed by atoms with E-state index in [1.54, 1.807) is 12.5 Å². The third-order valence-corrected chi connectivity index (χ3v) is 5.52. The van der Waals surface area contributed by atoms with Crippen LogP contribution in [-0.4, -0.2) is 33.1 Å². The van der Waals surface area contributed by atoms with Gasteiger partial charge in [-0.2, -0.15) is 0 Å². The summed E-state index contributed by atoms with van der Waals surface area (Å²) in [6.07, 6.45) is 3.33. The number of rotatable bonds is 5. The van der Waals surface area contributed by atoms with Crippen molar-refractivity contribution in [1.82, 2.24) is 20.3 Å². The molecule has 0 bridgehead atoms. The number of aromatic nitrogens is 3. The van der Waals surface area contributed by atoms with Crippen LogP contribution in [0.1, 0.15) is 56.6 Å². The van der Waals surface area contributed by atoms with Crippen LogP contribution < -0.4 is 10.6 Å². The van der Waals surface area contributed by atoms with Crippen LogP contribution in [-0.2, 0) is 0 Å². The Hall–Kier alpha value is -2.65. The lowest BCUT2D eigenvalue weighted by molar-refractivity contribution is 0.0919. The van der Waals surface area contributed by atoms with Crippen molar-refractivity contribution < 1.29 is 4.79 Å². The summed E-state index contributed by atoms with van der Waals surface area (Å²) in [6.45, 7) is 12.3. The Morgan fingerprint density at radius 1 is 1.07 bits per heavy atom. The highest BCUT2D eigenvalue weighted by Gasteiger charge is 2.19. The van der Waals surface area contributed by atoms with E-state index in [0.29, 0.717) is 11.3 Å². The molecular weight excluding hydrogens is 391 g/mol. The molecular formula is C24H29N4OP. The summed E-state index contributed by atoms with van der Waals surface area (Å²) in [5, 5.41) is 4.34. The van der Waals surface area contributed by atoms with Gasteiger partial charge >= 0.3 is 0 Å². The molecule has 0 saturated heterocycles. The van der Waals surface area contributed by atoms with E-state index in [2.05, 4.69) is 60.1 Å². The molecule has 0 saturated carbocycles. The van der Waals surface area contributed by atoms with E-state index in [9.17, 15) is 4.79 Å². The zero-order valence-electron chi connectivity index (χ0n) is 18.4. The van der Waals surface area contributed by atoms with Gasteiger partial charge in [-0.25, -0.2) is 15.0 Å². The van der Waals surface area contributed by atoms with E-state index in [4.69, 9.17) is 4.98 Å². The topological polar surface area (TPSA) is 67.8 Å². The molecule has 2 aromatic heterocycles. The van der Waals surface area contributed by atoms with Gasteiger partial charge in [-0.1, -0.05) is 46.7 Å². The molecule has 0 radical (unpaired) electrons. The van der Waals surface area contributed by atoms with Crippen LogP contribution in [0.3, 0.4) is 0 Å². The molecule has 3 rings (SSSR count). The molecule has 156 valence electrons. The number of carbonyl (C=O) groups excluding carboxylic acids is 1. The van der Waals surface area contributed by atoms with Crippen molar-refractivity contribution in [3.63, 3.8) is 0 Å². The summed E-state index contributed by atoms with van der Waals surface area (Å²) in [5.41, 5.74) is 4.46. The molecule has 1 amide bonds. The van der Waals surface area contributed by atoms with E-state index < -0.39 is 0 Å². The molecule has 0 fully saturated rings. The lowest BCUT2D eigenvalue weighted by Gasteiger charge is -2.21. The normalized spacial score (nSPS) is 12.0. The maximum Gasteiger partial charge on any atom is 0.251 e. The van der Waals surface area contributed by atoms with Gasteiger partial charge in [0, 0.05) is 28.4 Å². The van der Waals surface area contributed by atoms with Crippen LogP contribution in [0, 0.1) is 0 Å². The maximum absolute atomic E-state index is 13.0. The quantitative estimate of drug-likeness (QED) is 0.603. The van der Waals surface area contributed by atoms with E-state index >= 15 is 0 Å². The van der Waals surface area contributed by atoms with E-state index in [1.165, 1.54) is 5.30 Å². The monoisotopic (exact) mass is 420 g/mol. The SMILES string of the molecule is CPc1ccc(-c2cc(C(=O)NC(C)(C)C)cc(-c3cncnc3C(C)C)n2)cc1. The Labute approximate surface area is 180 Å². The second-order valence-corrected chi connectivity index (χ2v) is 9.71. The van der Waals surface area contributed by atoms with Crippen molar-refractivity contribution in [2.24, 2.45) is 0 Å². The van der Waals surface area contributed by atoms with Crippen LogP contribution in [0.25, 0.3) is 22.5 Å². The molecule has 2 heterocycles. The van der Waals surface area contributed by atoms with Gasteiger partial charge < -0.3 is 5.32 Å². The molecule has 1 atom stereocenters. The molecule has 6 heteroatoms. The van der Waals surface area contributed by atoms with Gasteiger partial charge in [0.25, 0.3) is 5.91 Å². The van der Waals surface area contributed by atoms with E-state index in [1.807, 2.05) is 32.9 Å². The number of nitrogens with zero attached hydrogens (tertiary/aromatic N) is 3. The highest BCUT2D eigenvalue weighted by Crippen LogP contribution is 2.29. The highest BCUT2D eigenvalue weighted by molar-refractivity contribution is 7.46. The number of carbonyl (C=O) groups is 1. The van der Waals surface area contributed by atoms with Gasteiger partial charge in [-0.15, -0.1) is 0 Å². The standard InChI is InChI=1S/C24H29N4OP/c1-15(2)22-19(13-25-14-26-22)21-12-17(23(29)28-24(3,4)5)11-20(27-21)16-7-9-18(30-6)10-8-16/h7-15,30H,1-6H3,(H,28,29). The van der Waals surface area contributed by atoms with Crippen molar-refractivity contribution in [3.8, 4) is 22.5 Å². The molecule has 0 aliphatic heterocycles. The number of pyridine rings is 1. The first kappa shape index (κ1) is 22.0. The second-order valence-electron chi connectivity index (χ2n) is 8.63. The Bertz CT molecular complexity index is 1040. The second kappa shape index (κ2) is 9.01. The fourth-order valence-electron chi connectivity index (χ4n) is 3.16. The fraction of sp³-hybridized carbons (Fsp3) is 0.333. The minimum absolute atomic E-state index is 0.123. The minimum atomic E-state index is -0.330. The summed E-state index contributed by atoms with van der Waals surface area (Å²) in [6, 6.07) is 12.0. The predicted molar refractivity (Wildman–Crippen MR) is 126 cm³/mol. The molecule has 3 aromatic rings. The molecule has 5 nitrogen and oxygen atoms in total. The number of amides is 1. The summed E-state index contributed by atoms with van der Waals surface area (Å²) in [7, 11) is 0.741. The Kier molecular flexibility index (Phi) is 6.62. The number of hydrogen-bond acceptors (Lipinski definition) is 4. The molecule has 30 heavy (non-hydrogen) atoms. The average Bonchev–Trinajstić information content (AvgIpc) is 2.72. The van der Waals surface area contributed by atoms with Crippen LogP contribution in [0.2, 0.25) is 0 Å². The smallest absolute Gasteiger partial charge is 0.251 e. The Balaban J connectivity index is 2.17. The van der Waals surface area contributed by atoms with Crippen molar-refractivity contribution in [2.75, 3.05) is 6.66 Å². The number of nitrogens with one attached hydrogen (secondary N) is 1. The first-order valence-electron chi connectivity index (χ1n) is 10.1. The van der Waals surface area contributed by atoms with Crippen LogP contribution >= 0.6 is 8.58 Å². The molecule has 0 spiro atoms. The third kappa shape index (κ3) is 5.28. The Morgan fingerprint density at radius 2 is 1.73 bits per heavy atom. The highest BCUT2D eigenvalue weighted by atomic mass is 31.1. The molecule has 0 aliphatic carbocycles. The zero-order chi connectivity index (χ0) is 21.9. The maximum atomic E-state index is 13.0. The van der Waals surface area contributed by atoms with Crippen LogP contribution in [0.15, 0.2) is 48.9 Å². The lowest BCUT2D eigenvalue weighted by Crippen LogP contribution is -2.40. The summed E-state index contributed by atoms with van der Waals surface area (Å²) in [5.74, 6) is 0.0899. The van der Waals surface area contributed by atoms with E-state index in [0.717, 1.165) is 31.1 Å².